The summed E-state index contributed by atoms with van der Waals surface area (Å²) in [6.07, 6.45) is 0. The zero-order chi connectivity index (χ0) is 23.4. The standard InChI is InChI=1S/C22H20N4O5S2/c1-30-15-11-12-18(31-2)17(13-15)23-22(27)20(14-7-4-3-5-8-14)26-33(28,29)19-10-6-9-16-21(19)25-32-24-16/h3-13,20,26H,1-2H3,(H,23,27)/t20-/m1/s1. The number of fused-ring (bicyclic) bond motifs is 1. The molecule has 0 spiro atoms. The second kappa shape index (κ2) is 9.53. The molecule has 2 N–H and O–H groups in total. The monoisotopic (exact) mass is 484 g/mol. The number of sulfonamides is 1. The Morgan fingerprint density at radius 1 is 0.970 bits per heavy atom. The van der Waals surface area contributed by atoms with Crippen LogP contribution in [0.2, 0.25) is 0 Å². The summed E-state index contributed by atoms with van der Waals surface area (Å²) >= 11 is 0.917. The molecule has 1 atom stereocenters. The molecule has 0 saturated heterocycles. The fraction of sp³-hybridized carbons (Fsp3) is 0.136. The number of rotatable bonds is 8. The summed E-state index contributed by atoms with van der Waals surface area (Å²) in [5, 5.41) is 2.74. The first-order chi connectivity index (χ1) is 15.9. The molecule has 0 aliphatic rings. The van der Waals surface area contributed by atoms with E-state index in [1.807, 2.05) is 0 Å². The quantitative estimate of drug-likeness (QED) is 0.393. The van der Waals surface area contributed by atoms with Gasteiger partial charge >= 0.3 is 0 Å². The Morgan fingerprint density at radius 2 is 1.76 bits per heavy atom. The van der Waals surface area contributed by atoms with Gasteiger partial charge in [-0.2, -0.15) is 13.5 Å². The van der Waals surface area contributed by atoms with Crippen LogP contribution in [0.3, 0.4) is 0 Å². The van der Waals surface area contributed by atoms with E-state index in [-0.39, 0.29) is 10.4 Å². The van der Waals surface area contributed by atoms with Crippen molar-refractivity contribution in [2.75, 3.05) is 19.5 Å². The topological polar surface area (TPSA) is 120 Å². The molecule has 1 aromatic heterocycles. The van der Waals surface area contributed by atoms with Crippen LogP contribution < -0.4 is 19.5 Å². The Kier molecular flexibility index (Phi) is 6.54. The van der Waals surface area contributed by atoms with Crippen LogP contribution in [0.5, 0.6) is 11.5 Å². The molecule has 0 aliphatic heterocycles. The molecule has 33 heavy (non-hydrogen) atoms. The van der Waals surface area contributed by atoms with E-state index in [1.165, 1.54) is 20.3 Å². The summed E-state index contributed by atoms with van der Waals surface area (Å²) in [6.45, 7) is 0. The lowest BCUT2D eigenvalue weighted by Crippen LogP contribution is -2.37. The zero-order valence-electron chi connectivity index (χ0n) is 17.7. The number of carbonyl (C=O) groups excluding carboxylic acids is 1. The summed E-state index contributed by atoms with van der Waals surface area (Å²) in [5.41, 5.74) is 1.51. The highest BCUT2D eigenvalue weighted by atomic mass is 32.2. The predicted molar refractivity (Wildman–Crippen MR) is 125 cm³/mol. The van der Waals surface area contributed by atoms with Crippen molar-refractivity contribution >= 4 is 44.4 Å². The highest BCUT2D eigenvalue weighted by Gasteiger charge is 2.29. The maximum absolute atomic E-state index is 13.3. The van der Waals surface area contributed by atoms with Crippen LogP contribution in [0.25, 0.3) is 11.0 Å². The second-order valence-electron chi connectivity index (χ2n) is 6.91. The van der Waals surface area contributed by atoms with Crippen molar-refractivity contribution in [3.8, 4) is 11.5 Å². The molecule has 3 aromatic carbocycles. The minimum Gasteiger partial charge on any atom is -0.497 e. The van der Waals surface area contributed by atoms with Crippen LogP contribution in [0.15, 0.2) is 71.6 Å². The Hall–Kier alpha value is -3.54. The average Bonchev–Trinajstić information content (AvgIpc) is 3.32. The molecule has 9 nitrogen and oxygen atoms in total. The average molecular weight is 485 g/mol. The number of carbonyl (C=O) groups is 1. The van der Waals surface area contributed by atoms with Crippen molar-refractivity contribution in [2.45, 2.75) is 10.9 Å². The maximum Gasteiger partial charge on any atom is 0.247 e. The zero-order valence-corrected chi connectivity index (χ0v) is 19.3. The van der Waals surface area contributed by atoms with Gasteiger partial charge in [0.1, 0.15) is 33.5 Å². The van der Waals surface area contributed by atoms with Gasteiger partial charge in [0.05, 0.1) is 31.6 Å². The van der Waals surface area contributed by atoms with Gasteiger partial charge in [-0.05, 0) is 29.8 Å². The summed E-state index contributed by atoms with van der Waals surface area (Å²) in [7, 11) is -1.16. The van der Waals surface area contributed by atoms with E-state index in [9.17, 15) is 13.2 Å². The van der Waals surface area contributed by atoms with Crippen LogP contribution in [-0.2, 0) is 14.8 Å². The Labute approximate surface area is 194 Å². The molecule has 0 bridgehead atoms. The van der Waals surface area contributed by atoms with Gasteiger partial charge in [-0.3, -0.25) is 4.79 Å². The highest BCUT2D eigenvalue weighted by molar-refractivity contribution is 7.89. The number of hydrogen-bond acceptors (Lipinski definition) is 8. The van der Waals surface area contributed by atoms with E-state index in [0.29, 0.717) is 28.3 Å². The lowest BCUT2D eigenvalue weighted by atomic mass is 10.1. The number of amides is 1. The number of hydrogen-bond donors (Lipinski definition) is 2. The maximum atomic E-state index is 13.3. The van der Waals surface area contributed by atoms with Crippen LogP contribution in [0, 0.1) is 0 Å². The molecule has 4 rings (SSSR count). The van der Waals surface area contributed by atoms with Crippen molar-refractivity contribution in [1.29, 1.82) is 0 Å². The lowest BCUT2D eigenvalue weighted by Gasteiger charge is -2.20. The summed E-state index contributed by atoms with van der Waals surface area (Å²) in [5.74, 6) is 0.308. The first-order valence-electron chi connectivity index (χ1n) is 9.74. The molecule has 1 heterocycles. The van der Waals surface area contributed by atoms with E-state index >= 15 is 0 Å². The lowest BCUT2D eigenvalue weighted by molar-refractivity contribution is -0.117. The molecule has 0 aliphatic carbocycles. The van der Waals surface area contributed by atoms with Crippen LogP contribution in [0.1, 0.15) is 11.6 Å². The van der Waals surface area contributed by atoms with Crippen molar-refractivity contribution in [3.63, 3.8) is 0 Å². The summed E-state index contributed by atoms with van der Waals surface area (Å²) in [4.78, 5) is 13.3. The molecule has 170 valence electrons. The Balaban J connectivity index is 1.71. The van der Waals surface area contributed by atoms with E-state index in [1.54, 1.807) is 60.7 Å². The van der Waals surface area contributed by atoms with Gasteiger partial charge in [0, 0.05) is 6.07 Å². The number of methoxy groups -OCH3 is 2. The SMILES string of the molecule is COc1ccc(OC)c(NC(=O)[C@H](NS(=O)(=O)c2cccc3nsnc23)c2ccccc2)c1. The normalized spacial score (nSPS) is 12.3. The van der Waals surface area contributed by atoms with Crippen LogP contribution in [0.4, 0.5) is 5.69 Å². The summed E-state index contributed by atoms with van der Waals surface area (Å²) < 4.78 is 47.9. The van der Waals surface area contributed by atoms with E-state index in [2.05, 4.69) is 18.8 Å². The van der Waals surface area contributed by atoms with Gasteiger partial charge in [-0.1, -0.05) is 36.4 Å². The van der Waals surface area contributed by atoms with Crippen molar-refractivity contribution < 1.29 is 22.7 Å². The smallest absolute Gasteiger partial charge is 0.247 e. The minimum atomic E-state index is -4.13. The van der Waals surface area contributed by atoms with Gasteiger partial charge < -0.3 is 14.8 Å². The summed E-state index contributed by atoms with van der Waals surface area (Å²) in [6, 6.07) is 16.9. The third-order valence-electron chi connectivity index (χ3n) is 4.87. The van der Waals surface area contributed by atoms with E-state index < -0.39 is 22.0 Å². The van der Waals surface area contributed by atoms with Crippen LogP contribution >= 0.6 is 11.7 Å². The Bertz CT molecular complexity index is 1390. The molecule has 0 fully saturated rings. The Morgan fingerprint density at radius 3 is 2.48 bits per heavy atom. The minimum absolute atomic E-state index is 0.0542. The first-order valence-corrected chi connectivity index (χ1v) is 12.0. The van der Waals surface area contributed by atoms with Gasteiger partial charge in [-0.15, -0.1) is 0 Å². The highest BCUT2D eigenvalue weighted by Crippen LogP contribution is 2.30. The van der Waals surface area contributed by atoms with Crippen molar-refractivity contribution in [1.82, 2.24) is 13.5 Å². The van der Waals surface area contributed by atoms with Crippen molar-refractivity contribution in [2.24, 2.45) is 0 Å². The molecule has 11 heteroatoms. The van der Waals surface area contributed by atoms with Crippen molar-refractivity contribution in [3.05, 3.63) is 72.3 Å². The number of nitrogens with zero attached hydrogens (tertiary/aromatic N) is 2. The number of benzene rings is 3. The first kappa shape index (κ1) is 22.6. The molecule has 0 radical (unpaired) electrons. The molecule has 0 unspecified atom stereocenters. The molecule has 1 amide bonds. The molecular weight excluding hydrogens is 464 g/mol. The van der Waals surface area contributed by atoms with Crippen LogP contribution in [-0.4, -0.2) is 37.3 Å². The second-order valence-corrected chi connectivity index (χ2v) is 9.12. The third kappa shape index (κ3) is 4.80. The van der Waals surface area contributed by atoms with Gasteiger partial charge in [0.15, 0.2) is 0 Å². The van der Waals surface area contributed by atoms with Gasteiger partial charge in [0.25, 0.3) is 0 Å². The number of ether oxygens (including phenoxy) is 2. The van der Waals surface area contributed by atoms with E-state index in [4.69, 9.17) is 9.47 Å². The largest absolute Gasteiger partial charge is 0.497 e. The molecule has 4 aromatic rings. The number of anilines is 1. The fourth-order valence-electron chi connectivity index (χ4n) is 3.25. The van der Waals surface area contributed by atoms with Gasteiger partial charge in [0.2, 0.25) is 15.9 Å². The molecular formula is C22H20N4O5S2. The molecule has 0 saturated carbocycles. The number of aromatic nitrogens is 2. The predicted octanol–water partition coefficient (Wildman–Crippen LogP) is 3.37. The van der Waals surface area contributed by atoms with Gasteiger partial charge in [-0.25, -0.2) is 8.42 Å². The third-order valence-corrected chi connectivity index (χ3v) is 6.87. The number of nitrogens with one attached hydrogen (secondary N) is 2. The van der Waals surface area contributed by atoms with E-state index in [0.717, 1.165) is 11.7 Å². The fourth-order valence-corrected chi connectivity index (χ4v) is 5.20.